The lowest BCUT2D eigenvalue weighted by molar-refractivity contribution is -0.0470. The van der Waals surface area contributed by atoms with E-state index in [1.807, 2.05) is 0 Å². The fourth-order valence-electron chi connectivity index (χ4n) is 6.19. The number of imidazole rings is 3. The minimum atomic E-state index is -4.73. The monoisotopic (exact) mass is 698 g/mol. The van der Waals surface area contributed by atoms with E-state index in [-0.39, 0.29) is 47.9 Å². The molecular weight excluding hydrogens is 673 g/mol. The smallest absolute Gasteiger partial charge is 0.382 e. The van der Waals surface area contributed by atoms with Crippen LogP contribution in [-0.4, -0.2) is 86.5 Å². The molecule has 244 valence electrons. The van der Waals surface area contributed by atoms with Crippen molar-refractivity contribution >= 4 is 60.8 Å². The number of nitrogen functional groups attached to an aromatic ring is 1. The first-order valence-electron chi connectivity index (χ1n) is 13.9. The van der Waals surface area contributed by atoms with E-state index in [1.165, 1.54) is 40.3 Å². The van der Waals surface area contributed by atoms with Crippen LogP contribution in [0.15, 0.2) is 36.2 Å². The second-order valence-corrected chi connectivity index (χ2v) is 15.4. The van der Waals surface area contributed by atoms with Gasteiger partial charge >= 0.3 is 14.6 Å². The molecule has 2 saturated heterocycles. The molecular formula is C23H25FN10O9P2S. The summed E-state index contributed by atoms with van der Waals surface area (Å²) >= 11 is 4.13. The molecule has 2 aliphatic heterocycles. The number of nitrogens with zero attached hydrogens (tertiary/aromatic N) is 8. The molecule has 1 unspecified atom stereocenters. The number of alkyl halides is 1. The number of H-pyrrole nitrogens is 1. The standard InChI is InChI=1S/C23H25FN10O9P2S/c24-14-13-6-40-44(36,37)39-5-11-10(3-12(11)33-8-29-15-18(25)27-7-28-19(15)33)4-41-45(38,46)43-17(14)22(42-13)34-9-30-16-20(34)31-23-26-1-2-32(23)21(16)35/h1-2,7-14,17,22H,3-6H2,(H,26,31)(H,36,37)(H,38,46)(H2,25,27,28)/t10-,11-,12-,13-,14-,17-,22-,45+/m1/s1. The van der Waals surface area contributed by atoms with Crippen molar-refractivity contribution in [2.75, 3.05) is 25.6 Å². The first kappa shape index (κ1) is 30.1. The van der Waals surface area contributed by atoms with Gasteiger partial charge in [0.05, 0.1) is 32.5 Å². The third-order valence-electron chi connectivity index (χ3n) is 8.55. The molecule has 19 nitrogen and oxygen atoms in total. The molecule has 1 saturated carbocycles. The Bertz CT molecular complexity index is 2140. The fourth-order valence-corrected chi connectivity index (χ4v) is 8.45. The quantitative estimate of drug-likeness (QED) is 0.152. The second kappa shape index (κ2) is 10.9. The van der Waals surface area contributed by atoms with E-state index in [4.69, 9.17) is 28.6 Å². The molecule has 8 rings (SSSR count). The van der Waals surface area contributed by atoms with Crippen molar-refractivity contribution in [2.24, 2.45) is 11.8 Å². The molecule has 23 heteroatoms. The molecule has 5 aromatic rings. The lowest BCUT2D eigenvalue weighted by Crippen LogP contribution is -2.43. The van der Waals surface area contributed by atoms with Crippen LogP contribution in [0.4, 0.5) is 10.2 Å². The summed E-state index contributed by atoms with van der Waals surface area (Å²) in [7, 11) is -4.73. The number of ether oxygens (including phenoxy) is 1. The summed E-state index contributed by atoms with van der Waals surface area (Å²) in [6.07, 6.45) is 0.765. The van der Waals surface area contributed by atoms with Gasteiger partial charge < -0.3 is 29.4 Å². The topological polar surface area (TPSA) is 238 Å². The number of halogens is 1. The van der Waals surface area contributed by atoms with Gasteiger partial charge in [-0.25, -0.2) is 42.8 Å². The number of rotatable bonds is 2. The molecule has 46 heavy (non-hydrogen) atoms. The summed E-state index contributed by atoms with van der Waals surface area (Å²) in [4.78, 5) is 47.1. The van der Waals surface area contributed by atoms with Crippen LogP contribution < -0.4 is 11.3 Å². The third-order valence-corrected chi connectivity index (χ3v) is 11.1. The van der Waals surface area contributed by atoms with E-state index >= 15 is 4.39 Å². The van der Waals surface area contributed by atoms with Gasteiger partial charge in [-0.1, -0.05) is 12.2 Å². The fraction of sp³-hybridized carbons (Fsp3) is 0.478. The number of hydrogen-bond donors (Lipinski definition) is 4. The van der Waals surface area contributed by atoms with Gasteiger partial charge in [-0.15, -0.1) is 0 Å². The Hall–Kier alpha value is -3.26. The van der Waals surface area contributed by atoms with Gasteiger partial charge in [0.1, 0.15) is 29.7 Å². The second-order valence-electron chi connectivity index (χ2n) is 11.1. The van der Waals surface area contributed by atoms with Crippen molar-refractivity contribution in [3.63, 3.8) is 0 Å². The number of thiol groups is 1. The number of aromatic nitrogens is 9. The van der Waals surface area contributed by atoms with Crippen LogP contribution >= 0.6 is 26.9 Å². The zero-order valence-corrected chi connectivity index (χ0v) is 26.0. The molecule has 2 bridgehead atoms. The summed E-state index contributed by atoms with van der Waals surface area (Å²) in [6.45, 7) is -5.45. The Kier molecular flexibility index (Phi) is 7.13. The summed E-state index contributed by atoms with van der Waals surface area (Å²) in [5.41, 5.74) is 6.37. The molecule has 0 radical (unpaired) electrons. The number of fused-ring (bicyclic) bond motifs is 6. The molecule has 0 amide bonds. The molecule has 7 heterocycles. The van der Waals surface area contributed by atoms with Crippen LogP contribution in [0.5, 0.6) is 0 Å². The van der Waals surface area contributed by atoms with Crippen LogP contribution in [0.3, 0.4) is 0 Å². The highest BCUT2D eigenvalue weighted by Crippen LogP contribution is 2.59. The van der Waals surface area contributed by atoms with E-state index in [0.717, 1.165) is 0 Å². The van der Waals surface area contributed by atoms with Crippen LogP contribution in [0.1, 0.15) is 18.7 Å². The number of anilines is 1. The Morgan fingerprint density at radius 2 is 1.83 bits per heavy atom. The Labute approximate surface area is 261 Å². The summed E-state index contributed by atoms with van der Waals surface area (Å²) < 4.78 is 74.4. The summed E-state index contributed by atoms with van der Waals surface area (Å²) in [5, 5.41) is 0. The largest absolute Gasteiger partial charge is 0.472 e. The number of phosphoric ester groups is 1. The van der Waals surface area contributed by atoms with Gasteiger partial charge in [-0.3, -0.25) is 22.9 Å². The molecule has 3 aliphatic rings. The zero-order chi connectivity index (χ0) is 32.0. The van der Waals surface area contributed by atoms with Crippen molar-refractivity contribution in [2.45, 2.75) is 37.1 Å². The molecule has 9 atom stereocenters. The Balaban J connectivity index is 1.10. The maximum atomic E-state index is 15.9. The maximum absolute atomic E-state index is 15.9. The highest BCUT2D eigenvalue weighted by molar-refractivity contribution is 8.44. The molecule has 5 aromatic heterocycles. The zero-order valence-electron chi connectivity index (χ0n) is 23.3. The van der Waals surface area contributed by atoms with E-state index in [1.54, 1.807) is 4.57 Å². The number of aromatic amines is 1. The van der Waals surface area contributed by atoms with Crippen LogP contribution in [-0.2, 0) is 32.0 Å². The van der Waals surface area contributed by atoms with Crippen molar-refractivity contribution in [3.05, 3.63) is 41.7 Å². The third kappa shape index (κ3) is 4.97. The van der Waals surface area contributed by atoms with Gasteiger partial charge in [0.2, 0.25) is 5.78 Å². The number of nitrogens with one attached hydrogen (secondary N) is 1. The lowest BCUT2D eigenvalue weighted by atomic mass is 9.70. The molecule has 4 N–H and O–H groups in total. The Morgan fingerprint density at radius 3 is 2.67 bits per heavy atom. The number of nitrogens with two attached hydrogens (primary N) is 1. The predicted molar refractivity (Wildman–Crippen MR) is 157 cm³/mol. The van der Waals surface area contributed by atoms with Crippen molar-refractivity contribution in [3.8, 4) is 0 Å². The van der Waals surface area contributed by atoms with Gasteiger partial charge in [0.25, 0.3) is 5.56 Å². The lowest BCUT2D eigenvalue weighted by Gasteiger charge is -2.45. The normalized spacial score (nSPS) is 35.7. The van der Waals surface area contributed by atoms with E-state index in [9.17, 15) is 18.8 Å². The van der Waals surface area contributed by atoms with Crippen LogP contribution in [0.2, 0.25) is 0 Å². The average Bonchev–Trinajstić information content (AvgIpc) is 3.79. The van der Waals surface area contributed by atoms with Crippen LogP contribution in [0.25, 0.3) is 28.1 Å². The minimum Gasteiger partial charge on any atom is -0.382 e. The van der Waals surface area contributed by atoms with Gasteiger partial charge in [-0.05, 0) is 12.3 Å². The summed E-state index contributed by atoms with van der Waals surface area (Å²) in [5.74, 6) is -0.452. The molecule has 0 aromatic carbocycles. The molecule has 3 fully saturated rings. The minimum absolute atomic E-state index is 0.0159. The highest BCUT2D eigenvalue weighted by Gasteiger charge is 2.52. The number of phosphoric acid groups is 1. The maximum Gasteiger partial charge on any atom is 0.472 e. The first-order valence-corrected chi connectivity index (χ1v) is 18.1. The molecule has 1 aliphatic carbocycles. The SMILES string of the molecule is Nc1ncnc2c1ncn2[C@@H]1C[C@@H]2CO[P@](=O)(S)O[C@@H]3[C@H](F)[C@@H](COP(=O)(O)OC[C@H]21)O[C@H]3n1cnc2c(=O)n3ccnc3[nH]c21. The van der Waals surface area contributed by atoms with E-state index in [2.05, 4.69) is 42.2 Å². The first-order chi connectivity index (χ1) is 22.0. The van der Waals surface area contributed by atoms with Crippen molar-refractivity contribution < 1.29 is 41.2 Å². The van der Waals surface area contributed by atoms with Gasteiger partial charge in [0, 0.05) is 24.4 Å². The van der Waals surface area contributed by atoms with E-state index in [0.29, 0.717) is 17.6 Å². The van der Waals surface area contributed by atoms with Gasteiger partial charge in [0.15, 0.2) is 29.4 Å². The molecule has 0 spiro atoms. The van der Waals surface area contributed by atoms with Crippen molar-refractivity contribution in [1.29, 1.82) is 0 Å². The Morgan fingerprint density at radius 1 is 1.04 bits per heavy atom. The predicted octanol–water partition coefficient (Wildman–Crippen LogP) is 1.79. The number of hydrogen-bond acceptors (Lipinski definition) is 14. The average molecular weight is 699 g/mol. The van der Waals surface area contributed by atoms with E-state index < -0.39 is 57.3 Å². The summed E-state index contributed by atoms with van der Waals surface area (Å²) in [6, 6.07) is -0.321. The highest BCUT2D eigenvalue weighted by atomic mass is 32.7. The van der Waals surface area contributed by atoms with Crippen LogP contribution in [0, 0.1) is 11.8 Å². The van der Waals surface area contributed by atoms with Gasteiger partial charge in [-0.2, -0.15) is 0 Å². The van der Waals surface area contributed by atoms with Crippen molar-refractivity contribution in [1.82, 2.24) is 43.4 Å².